The van der Waals surface area contributed by atoms with Crippen LogP contribution in [0.4, 0.5) is 0 Å². The van der Waals surface area contributed by atoms with Gasteiger partial charge in [0.1, 0.15) is 0 Å². The van der Waals surface area contributed by atoms with Crippen molar-refractivity contribution >= 4 is 32.3 Å². The highest BCUT2D eigenvalue weighted by molar-refractivity contribution is 6.20. The Kier molecular flexibility index (Phi) is 5.87. The van der Waals surface area contributed by atoms with E-state index in [-0.39, 0.29) is 0 Å². The molecule has 0 spiro atoms. The molecule has 0 saturated carbocycles. The zero-order chi connectivity index (χ0) is 31.6. The van der Waals surface area contributed by atoms with E-state index in [1.165, 1.54) is 54.9 Å². The lowest BCUT2D eigenvalue weighted by molar-refractivity contribution is 1.08. The molecule has 0 aliphatic heterocycles. The number of benzene rings is 8. The molecule has 1 aromatic heterocycles. The maximum Gasteiger partial charge on any atom is 0.164 e. The third-order valence-electron chi connectivity index (χ3n) is 9.63. The van der Waals surface area contributed by atoms with Gasteiger partial charge in [0.05, 0.1) is 0 Å². The van der Waals surface area contributed by atoms with Crippen LogP contribution in [-0.4, -0.2) is 15.0 Å². The largest absolute Gasteiger partial charge is 0.208 e. The molecule has 222 valence electrons. The molecule has 0 amide bonds. The Morgan fingerprint density at radius 1 is 0.271 bits per heavy atom. The fourth-order valence-corrected chi connectivity index (χ4v) is 7.38. The fourth-order valence-electron chi connectivity index (χ4n) is 7.38. The highest BCUT2D eigenvalue weighted by Crippen LogP contribution is 2.54. The zero-order valence-electron chi connectivity index (χ0n) is 25.9. The van der Waals surface area contributed by atoms with Gasteiger partial charge in [0.2, 0.25) is 0 Å². The predicted octanol–water partition coefficient (Wildman–Crippen LogP) is 11.6. The molecular weight excluding hydrogens is 583 g/mol. The average molecular weight is 610 g/mol. The predicted molar refractivity (Wildman–Crippen MR) is 199 cm³/mol. The van der Waals surface area contributed by atoms with E-state index in [9.17, 15) is 0 Å². The van der Waals surface area contributed by atoms with Crippen molar-refractivity contribution in [2.45, 2.75) is 0 Å². The van der Waals surface area contributed by atoms with Gasteiger partial charge in [-0.1, -0.05) is 146 Å². The number of aromatic nitrogens is 3. The summed E-state index contributed by atoms with van der Waals surface area (Å²) in [5, 5.41) is 7.18. The number of hydrogen-bond acceptors (Lipinski definition) is 3. The number of nitrogens with zero attached hydrogens (tertiary/aromatic N) is 3. The SMILES string of the molecule is c1ccc(-c2ccc(-c3nc(-c4ccc5ccccc5c4)nc(-c4ccc5ccccc5c4)n3)c3c2-c2cccc4cccc-3c24)cc1. The molecule has 0 N–H and O–H groups in total. The first kappa shape index (κ1) is 26.7. The van der Waals surface area contributed by atoms with Crippen LogP contribution in [0.5, 0.6) is 0 Å². The topological polar surface area (TPSA) is 38.7 Å². The smallest absolute Gasteiger partial charge is 0.164 e. The highest BCUT2D eigenvalue weighted by Gasteiger charge is 2.29. The van der Waals surface area contributed by atoms with E-state index < -0.39 is 0 Å². The molecule has 1 aliphatic rings. The molecule has 10 rings (SSSR count). The third kappa shape index (κ3) is 4.18. The lowest BCUT2D eigenvalue weighted by Crippen LogP contribution is -2.01. The monoisotopic (exact) mass is 609 g/mol. The lowest BCUT2D eigenvalue weighted by Gasteiger charge is -2.16. The quantitative estimate of drug-likeness (QED) is 0.199. The van der Waals surface area contributed by atoms with Gasteiger partial charge in [0, 0.05) is 22.3 Å². The minimum absolute atomic E-state index is 0.656. The molecule has 3 nitrogen and oxygen atoms in total. The van der Waals surface area contributed by atoms with Crippen molar-refractivity contribution in [3.63, 3.8) is 0 Å². The second-order valence-corrected chi connectivity index (χ2v) is 12.4. The van der Waals surface area contributed by atoms with E-state index in [1.807, 2.05) is 0 Å². The fraction of sp³-hybridized carbons (Fsp3) is 0. The summed E-state index contributed by atoms with van der Waals surface area (Å²) < 4.78 is 0. The Hall–Kier alpha value is -6.45. The van der Waals surface area contributed by atoms with Crippen molar-refractivity contribution in [3.05, 3.63) is 164 Å². The van der Waals surface area contributed by atoms with Crippen LogP contribution in [0.2, 0.25) is 0 Å². The summed E-state index contributed by atoms with van der Waals surface area (Å²) >= 11 is 0. The number of rotatable bonds is 4. The van der Waals surface area contributed by atoms with Crippen molar-refractivity contribution in [2.24, 2.45) is 0 Å². The van der Waals surface area contributed by atoms with Gasteiger partial charge in [-0.25, -0.2) is 15.0 Å². The van der Waals surface area contributed by atoms with E-state index in [4.69, 9.17) is 15.0 Å². The van der Waals surface area contributed by atoms with Gasteiger partial charge in [0.25, 0.3) is 0 Å². The van der Waals surface area contributed by atoms with Crippen molar-refractivity contribution in [3.8, 4) is 67.5 Å². The van der Waals surface area contributed by atoms with Gasteiger partial charge < -0.3 is 0 Å². The molecular formula is C45H27N3. The standard InChI is InChI=1S/C45H27N3/c1-2-12-30(13-3-1)36-24-25-39(42-38-19-9-17-31-16-8-18-37(40(31)38)41(36)42)45-47-43(34-22-20-28-10-4-6-14-32(28)26-34)46-44(48-45)35-23-21-29-11-5-7-15-33(29)27-35/h1-27H. The molecule has 48 heavy (non-hydrogen) atoms. The Bertz CT molecular complexity index is 2630. The van der Waals surface area contributed by atoms with Crippen LogP contribution in [0.1, 0.15) is 0 Å². The van der Waals surface area contributed by atoms with Gasteiger partial charge in [-0.15, -0.1) is 0 Å². The summed E-state index contributed by atoms with van der Waals surface area (Å²) in [7, 11) is 0. The summed E-state index contributed by atoms with van der Waals surface area (Å²) in [6, 6.07) is 58.0. The molecule has 0 fully saturated rings. The van der Waals surface area contributed by atoms with E-state index >= 15 is 0 Å². The van der Waals surface area contributed by atoms with Gasteiger partial charge >= 0.3 is 0 Å². The van der Waals surface area contributed by atoms with E-state index in [2.05, 4.69) is 164 Å². The second kappa shape index (κ2) is 10.5. The molecule has 0 bridgehead atoms. The Morgan fingerprint density at radius 3 is 1.35 bits per heavy atom. The first-order valence-corrected chi connectivity index (χ1v) is 16.3. The van der Waals surface area contributed by atoms with Crippen LogP contribution in [0.3, 0.4) is 0 Å². The van der Waals surface area contributed by atoms with E-state index in [1.54, 1.807) is 0 Å². The third-order valence-corrected chi connectivity index (χ3v) is 9.63. The van der Waals surface area contributed by atoms with Crippen LogP contribution >= 0.6 is 0 Å². The number of fused-ring (bicyclic) bond motifs is 5. The zero-order valence-corrected chi connectivity index (χ0v) is 25.9. The molecule has 8 aromatic carbocycles. The molecule has 0 radical (unpaired) electrons. The van der Waals surface area contributed by atoms with Gasteiger partial charge in [-0.3, -0.25) is 0 Å². The second-order valence-electron chi connectivity index (χ2n) is 12.4. The minimum Gasteiger partial charge on any atom is -0.208 e. The van der Waals surface area contributed by atoms with Crippen molar-refractivity contribution in [1.29, 1.82) is 0 Å². The molecule has 0 unspecified atom stereocenters. The van der Waals surface area contributed by atoms with Crippen LogP contribution in [0, 0.1) is 0 Å². The van der Waals surface area contributed by atoms with E-state index in [0.29, 0.717) is 17.5 Å². The Balaban J connectivity index is 1.26. The lowest BCUT2D eigenvalue weighted by atomic mass is 9.90. The first-order chi connectivity index (χ1) is 23.8. The summed E-state index contributed by atoms with van der Waals surface area (Å²) in [5.74, 6) is 1.98. The van der Waals surface area contributed by atoms with Crippen molar-refractivity contribution in [1.82, 2.24) is 15.0 Å². The normalized spacial score (nSPS) is 11.8. The Labute approximate surface area is 277 Å². The van der Waals surface area contributed by atoms with Gasteiger partial charge in [0.15, 0.2) is 17.5 Å². The highest BCUT2D eigenvalue weighted by atomic mass is 15.0. The average Bonchev–Trinajstić information content (AvgIpc) is 3.50. The Morgan fingerprint density at radius 2 is 0.750 bits per heavy atom. The van der Waals surface area contributed by atoms with Crippen molar-refractivity contribution in [2.75, 3.05) is 0 Å². The minimum atomic E-state index is 0.656. The first-order valence-electron chi connectivity index (χ1n) is 16.3. The molecule has 1 heterocycles. The van der Waals surface area contributed by atoms with Crippen LogP contribution in [0.15, 0.2) is 164 Å². The van der Waals surface area contributed by atoms with Crippen LogP contribution in [0.25, 0.3) is 99.9 Å². The molecule has 9 aromatic rings. The number of hydrogen-bond donors (Lipinski definition) is 0. The molecule has 3 heteroatoms. The summed E-state index contributed by atoms with van der Waals surface area (Å²) in [6.07, 6.45) is 0. The molecule has 0 atom stereocenters. The van der Waals surface area contributed by atoms with E-state index in [0.717, 1.165) is 27.5 Å². The summed E-state index contributed by atoms with van der Waals surface area (Å²) in [5.41, 5.74) is 10.2. The van der Waals surface area contributed by atoms with Crippen LogP contribution in [-0.2, 0) is 0 Å². The maximum atomic E-state index is 5.25. The summed E-state index contributed by atoms with van der Waals surface area (Å²) in [4.78, 5) is 15.6. The van der Waals surface area contributed by atoms with Crippen molar-refractivity contribution < 1.29 is 0 Å². The summed E-state index contributed by atoms with van der Waals surface area (Å²) in [6.45, 7) is 0. The van der Waals surface area contributed by atoms with Gasteiger partial charge in [-0.2, -0.15) is 0 Å². The maximum absolute atomic E-state index is 5.25. The molecule has 0 saturated heterocycles. The molecule has 1 aliphatic carbocycles. The van der Waals surface area contributed by atoms with Gasteiger partial charge in [-0.05, 0) is 78.3 Å². The van der Waals surface area contributed by atoms with Crippen LogP contribution < -0.4 is 0 Å².